The summed E-state index contributed by atoms with van der Waals surface area (Å²) >= 11 is 1.77. The molecule has 0 radical (unpaired) electrons. The SMILES string of the molecule is CN=C(NCCc1ncc(C)s1)NCCN1CCCCC1C. The molecule has 1 fully saturated rings. The van der Waals surface area contributed by atoms with Gasteiger partial charge in [-0.2, -0.15) is 0 Å². The highest BCUT2D eigenvalue weighted by molar-refractivity contribution is 7.11. The van der Waals surface area contributed by atoms with Gasteiger partial charge in [0.15, 0.2) is 5.96 Å². The summed E-state index contributed by atoms with van der Waals surface area (Å²) in [4.78, 5) is 12.5. The van der Waals surface area contributed by atoms with Crippen molar-refractivity contribution in [3.05, 3.63) is 16.1 Å². The third-order valence-electron chi connectivity index (χ3n) is 4.16. The minimum Gasteiger partial charge on any atom is -0.356 e. The van der Waals surface area contributed by atoms with Crippen molar-refractivity contribution in [3.63, 3.8) is 0 Å². The van der Waals surface area contributed by atoms with Gasteiger partial charge in [-0.15, -0.1) is 11.3 Å². The van der Waals surface area contributed by atoms with Crippen molar-refractivity contribution in [2.75, 3.05) is 33.2 Å². The minimum absolute atomic E-state index is 0.721. The van der Waals surface area contributed by atoms with Gasteiger partial charge in [0.25, 0.3) is 0 Å². The number of guanidine groups is 1. The van der Waals surface area contributed by atoms with Crippen molar-refractivity contribution in [1.82, 2.24) is 20.5 Å². The Morgan fingerprint density at radius 3 is 2.91 bits per heavy atom. The van der Waals surface area contributed by atoms with E-state index >= 15 is 0 Å². The van der Waals surface area contributed by atoms with Crippen molar-refractivity contribution in [2.24, 2.45) is 4.99 Å². The predicted octanol–water partition coefficient (Wildman–Crippen LogP) is 2.03. The first-order chi connectivity index (χ1) is 10.7. The van der Waals surface area contributed by atoms with Gasteiger partial charge in [-0.25, -0.2) is 4.98 Å². The summed E-state index contributed by atoms with van der Waals surface area (Å²) in [7, 11) is 1.83. The van der Waals surface area contributed by atoms with Gasteiger partial charge in [0.1, 0.15) is 0 Å². The quantitative estimate of drug-likeness (QED) is 0.621. The van der Waals surface area contributed by atoms with Gasteiger partial charge in [0.05, 0.1) is 5.01 Å². The first-order valence-corrected chi connectivity index (χ1v) is 9.10. The molecule has 22 heavy (non-hydrogen) atoms. The summed E-state index contributed by atoms with van der Waals surface area (Å²) in [6, 6.07) is 0.721. The summed E-state index contributed by atoms with van der Waals surface area (Å²) in [5, 5.41) is 7.96. The van der Waals surface area contributed by atoms with Crippen LogP contribution in [0.5, 0.6) is 0 Å². The highest BCUT2D eigenvalue weighted by Crippen LogP contribution is 2.15. The first-order valence-electron chi connectivity index (χ1n) is 8.29. The Morgan fingerprint density at radius 1 is 1.41 bits per heavy atom. The van der Waals surface area contributed by atoms with E-state index in [2.05, 4.69) is 39.4 Å². The smallest absolute Gasteiger partial charge is 0.191 e. The second-order valence-corrected chi connectivity index (χ2v) is 7.24. The average Bonchev–Trinajstić information content (AvgIpc) is 2.93. The highest BCUT2D eigenvalue weighted by atomic mass is 32.1. The third kappa shape index (κ3) is 5.57. The molecule has 6 heteroatoms. The highest BCUT2D eigenvalue weighted by Gasteiger charge is 2.17. The van der Waals surface area contributed by atoms with E-state index in [0.717, 1.165) is 38.1 Å². The fourth-order valence-corrected chi connectivity index (χ4v) is 3.62. The zero-order valence-electron chi connectivity index (χ0n) is 14.1. The van der Waals surface area contributed by atoms with E-state index in [-0.39, 0.29) is 0 Å². The number of hydrogen-bond donors (Lipinski definition) is 2. The van der Waals surface area contributed by atoms with Crippen LogP contribution in [-0.4, -0.2) is 55.1 Å². The normalized spacial score (nSPS) is 20.1. The van der Waals surface area contributed by atoms with E-state index in [0.29, 0.717) is 0 Å². The van der Waals surface area contributed by atoms with E-state index in [1.807, 2.05) is 13.2 Å². The van der Waals surface area contributed by atoms with Gasteiger partial charge in [-0.3, -0.25) is 9.89 Å². The van der Waals surface area contributed by atoms with Gasteiger partial charge in [-0.1, -0.05) is 6.42 Å². The van der Waals surface area contributed by atoms with Gasteiger partial charge in [-0.05, 0) is 33.2 Å². The van der Waals surface area contributed by atoms with Gasteiger partial charge >= 0.3 is 0 Å². The number of thiazole rings is 1. The van der Waals surface area contributed by atoms with E-state index in [1.54, 1.807) is 11.3 Å². The lowest BCUT2D eigenvalue weighted by Crippen LogP contribution is -2.45. The summed E-state index contributed by atoms with van der Waals surface area (Å²) in [5.74, 6) is 0.887. The van der Waals surface area contributed by atoms with Gasteiger partial charge in [0.2, 0.25) is 0 Å². The lowest BCUT2D eigenvalue weighted by molar-refractivity contribution is 0.163. The number of piperidine rings is 1. The molecule has 0 bridgehead atoms. The molecule has 0 saturated carbocycles. The van der Waals surface area contributed by atoms with E-state index in [4.69, 9.17) is 0 Å². The maximum atomic E-state index is 4.38. The first kappa shape index (κ1) is 17.2. The maximum absolute atomic E-state index is 4.38. The van der Waals surface area contributed by atoms with Crippen LogP contribution in [0.25, 0.3) is 0 Å². The van der Waals surface area contributed by atoms with Crippen molar-refractivity contribution < 1.29 is 0 Å². The van der Waals surface area contributed by atoms with Crippen molar-refractivity contribution in [3.8, 4) is 0 Å². The Labute approximate surface area is 138 Å². The topological polar surface area (TPSA) is 52.6 Å². The standard InChI is InChI=1S/C16H29N5S/c1-13-6-4-5-10-21(13)11-9-19-16(17-3)18-8-7-15-20-12-14(2)22-15/h12-13H,4-11H2,1-3H3,(H2,17,18,19). The Balaban J connectivity index is 1.62. The van der Waals surface area contributed by atoms with E-state index in [9.17, 15) is 0 Å². The summed E-state index contributed by atoms with van der Waals surface area (Å²) in [6.07, 6.45) is 6.94. The molecule has 2 rings (SSSR count). The van der Waals surface area contributed by atoms with Crippen molar-refractivity contribution in [2.45, 2.75) is 45.6 Å². The Hall–Kier alpha value is -1.14. The fourth-order valence-electron chi connectivity index (χ4n) is 2.83. The molecule has 1 aromatic heterocycles. The Bertz CT molecular complexity index is 471. The lowest BCUT2D eigenvalue weighted by atomic mass is 10.0. The molecule has 1 aromatic rings. The van der Waals surface area contributed by atoms with E-state index < -0.39 is 0 Å². The molecule has 124 valence electrons. The Morgan fingerprint density at radius 2 is 2.23 bits per heavy atom. The number of hydrogen-bond acceptors (Lipinski definition) is 4. The van der Waals surface area contributed by atoms with Crippen LogP contribution in [0, 0.1) is 6.92 Å². The van der Waals surface area contributed by atoms with Crippen molar-refractivity contribution in [1.29, 1.82) is 0 Å². The number of aromatic nitrogens is 1. The second-order valence-electron chi connectivity index (χ2n) is 5.92. The summed E-state index contributed by atoms with van der Waals surface area (Å²) in [5.41, 5.74) is 0. The van der Waals surface area contributed by atoms with Crippen LogP contribution in [0.2, 0.25) is 0 Å². The molecule has 1 aliphatic rings. The number of nitrogens with zero attached hydrogens (tertiary/aromatic N) is 3. The summed E-state index contributed by atoms with van der Waals surface area (Å²) in [6.45, 7) is 8.57. The van der Waals surface area contributed by atoms with Crippen LogP contribution < -0.4 is 10.6 Å². The second kappa shape index (κ2) is 9.10. The predicted molar refractivity (Wildman–Crippen MR) is 94.8 cm³/mol. The van der Waals surface area contributed by atoms with Crippen LogP contribution in [0.4, 0.5) is 0 Å². The maximum Gasteiger partial charge on any atom is 0.191 e. The Kier molecular flexibility index (Phi) is 7.12. The molecule has 2 heterocycles. The largest absolute Gasteiger partial charge is 0.356 e. The molecular weight excluding hydrogens is 294 g/mol. The molecule has 5 nitrogen and oxygen atoms in total. The van der Waals surface area contributed by atoms with Crippen LogP contribution >= 0.6 is 11.3 Å². The number of likely N-dealkylation sites (tertiary alicyclic amines) is 1. The van der Waals surface area contributed by atoms with Gasteiger partial charge < -0.3 is 10.6 Å². The van der Waals surface area contributed by atoms with Crippen LogP contribution in [0.15, 0.2) is 11.2 Å². The molecule has 1 aliphatic heterocycles. The number of aliphatic imine (C=N–C) groups is 1. The van der Waals surface area contributed by atoms with Crippen molar-refractivity contribution >= 4 is 17.3 Å². The lowest BCUT2D eigenvalue weighted by Gasteiger charge is -2.33. The third-order valence-corrected chi connectivity index (χ3v) is 5.13. The molecule has 1 atom stereocenters. The van der Waals surface area contributed by atoms with E-state index in [1.165, 1.54) is 35.7 Å². The molecule has 2 N–H and O–H groups in total. The zero-order chi connectivity index (χ0) is 15.8. The molecule has 0 amide bonds. The van der Waals surface area contributed by atoms with Crippen LogP contribution in [0.1, 0.15) is 36.1 Å². The van der Waals surface area contributed by atoms with Crippen LogP contribution in [0.3, 0.4) is 0 Å². The van der Waals surface area contributed by atoms with Crippen LogP contribution in [-0.2, 0) is 6.42 Å². The summed E-state index contributed by atoms with van der Waals surface area (Å²) < 4.78 is 0. The van der Waals surface area contributed by atoms with Gasteiger partial charge in [0, 0.05) is 50.2 Å². The number of aryl methyl sites for hydroxylation is 1. The molecule has 0 aromatic carbocycles. The molecule has 0 spiro atoms. The zero-order valence-corrected chi connectivity index (χ0v) is 14.9. The average molecular weight is 324 g/mol. The minimum atomic E-state index is 0.721. The molecular formula is C16H29N5S. The molecule has 1 saturated heterocycles. The molecule has 0 aliphatic carbocycles. The monoisotopic (exact) mass is 323 g/mol. The fraction of sp³-hybridized carbons (Fsp3) is 0.750. The number of nitrogens with one attached hydrogen (secondary N) is 2. The number of rotatable bonds is 6. The molecule has 1 unspecified atom stereocenters.